The molecule has 1 aliphatic carbocycles. The van der Waals surface area contributed by atoms with Gasteiger partial charge in [-0.15, -0.1) is 11.3 Å². The van der Waals surface area contributed by atoms with Crippen molar-refractivity contribution in [3.8, 4) is 0 Å². The SMILES string of the molecule is NCc1nc(C(=O)NC2CC(c3ccccc3)C2)cs1. The number of carbonyl (C=O) groups excluding carboxylic acids is 1. The Morgan fingerprint density at radius 2 is 2.10 bits per heavy atom. The van der Waals surface area contributed by atoms with Crippen molar-refractivity contribution in [3.05, 3.63) is 52.0 Å². The minimum atomic E-state index is -0.0857. The molecule has 1 aromatic heterocycles. The minimum Gasteiger partial charge on any atom is -0.348 e. The summed E-state index contributed by atoms with van der Waals surface area (Å²) in [6, 6.07) is 10.7. The van der Waals surface area contributed by atoms with Crippen LogP contribution in [-0.2, 0) is 6.54 Å². The van der Waals surface area contributed by atoms with E-state index >= 15 is 0 Å². The lowest BCUT2D eigenvalue weighted by Crippen LogP contribution is -2.43. The topological polar surface area (TPSA) is 68.0 Å². The number of aromatic nitrogens is 1. The molecule has 1 saturated carbocycles. The molecule has 3 N–H and O–H groups in total. The molecule has 4 nitrogen and oxygen atoms in total. The summed E-state index contributed by atoms with van der Waals surface area (Å²) in [6.45, 7) is 0.386. The highest BCUT2D eigenvalue weighted by Gasteiger charge is 2.31. The summed E-state index contributed by atoms with van der Waals surface area (Å²) < 4.78 is 0. The van der Waals surface area contributed by atoms with E-state index in [1.165, 1.54) is 16.9 Å². The normalized spacial score (nSPS) is 21.2. The number of nitrogens with zero attached hydrogens (tertiary/aromatic N) is 1. The van der Waals surface area contributed by atoms with Gasteiger partial charge in [0.1, 0.15) is 10.7 Å². The Morgan fingerprint density at radius 1 is 1.35 bits per heavy atom. The van der Waals surface area contributed by atoms with Gasteiger partial charge in [0, 0.05) is 18.0 Å². The third-order valence-corrected chi connectivity index (χ3v) is 4.57. The molecule has 3 rings (SSSR count). The molecule has 1 fully saturated rings. The highest BCUT2D eigenvalue weighted by atomic mass is 32.1. The fourth-order valence-electron chi connectivity index (χ4n) is 2.50. The zero-order chi connectivity index (χ0) is 13.9. The van der Waals surface area contributed by atoms with Gasteiger partial charge in [-0.3, -0.25) is 4.79 Å². The molecule has 1 heterocycles. The van der Waals surface area contributed by atoms with Gasteiger partial charge in [0.2, 0.25) is 0 Å². The smallest absolute Gasteiger partial charge is 0.270 e. The van der Waals surface area contributed by atoms with Gasteiger partial charge in [-0.25, -0.2) is 4.98 Å². The molecule has 1 aliphatic rings. The number of thiazole rings is 1. The summed E-state index contributed by atoms with van der Waals surface area (Å²) in [5.41, 5.74) is 7.34. The van der Waals surface area contributed by atoms with Crippen LogP contribution in [0.4, 0.5) is 0 Å². The molecular weight excluding hydrogens is 270 g/mol. The Bertz CT molecular complexity index is 590. The Labute approximate surface area is 122 Å². The second kappa shape index (κ2) is 5.73. The van der Waals surface area contributed by atoms with E-state index in [0.717, 1.165) is 17.8 Å². The molecule has 0 aliphatic heterocycles. The molecule has 1 amide bonds. The maximum absolute atomic E-state index is 12.0. The van der Waals surface area contributed by atoms with Gasteiger partial charge in [0.25, 0.3) is 5.91 Å². The lowest BCUT2D eigenvalue weighted by Gasteiger charge is -2.36. The van der Waals surface area contributed by atoms with E-state index < -0.39 is 0 Å². The molecule has 0 spiro atoms. The second-order valence-electron chi connectivity index (χ2n) is 5.08. The highest BCUT2D eigenvalue weighted by Crippen LogP contribution is 2.36. The summed E-state index contributed by atoms with van der Waals surface area (Å²) in [7, 11) is 0. The number of carbonyl (C=O) groups is 1. The van der Waals surface area contributed by atoms with Crippen molar-refractivity contribution >= 4 is 17.2 Å². The summed E-state index contributed by atoms with van der Waals surface area (Å²) >= 11 is 1.43. The van der Waals surface area contributed by atoms with Crippen LogP contribution in [-0.4, -0.2) is 16.9 Å². The maximum Gasteiger partial charge on any atom is 0.270 e. The number of amides is 1. The Balaban J connectivity index is 1.52. The van der Waals surface area contributed by atoms with E-state index in [1.807, 2.05) is 6.07 Å². The standard InChI is InChI=1S/C15H17N3OS/c16-8-14-18-13(9-20-14)15(19)17-12-6-11(7-12)10-4-2-1-3-5-10/h1-5,9,11-12H,6-8,16H2,(H,17,19). The first-order valence-corrected chi connectivity index (χ1v) is 7.64. The van der Waals surface area contributed by atoms with Crippen LogP contribution in [0.3, 0.4) is 0 Å². The zero-order valence-electron chi connectivity index (χ0n) is 11.1. The predicted molar refractivity (Wildman–Crippen MR) is 79.7 cm³/mol. The van der Waals surface area contributed by atoms with Crippen molar-refractivity contribution < 1.29 is 4.79 Å². The van der Waals surface area contributed by atoms with Crippen molar-refractivity contribution in [2.75, 3.05) is 0 Å². The average Bonchev–Trinajstić information content (AvgIpc) is 2.92. The first-order valence-electron chi connectivity index (χ1n) is 6.76. The number of nitrogens with one attached hydrogen (secondary N) is 1. The van der Waals surface area contributed by atoms with Gasteiger partial charge in [-0.2, -0.15) is 0 Å². The number of hydrogen-bond donors (Lipinski definition) is 2. The summed E-state index contributed by atoms with van der Waals surface area (Å²) in [6.07, 6.45) is 2.01. The van der Waals surface area contributed by atoms with Crippen LogP contribution >= 0.6 is 11.3 Å². The molecule has 1 aromatic carbocycles. The van der Waals surface area contributed by atoms with Crippen LogP contribution in [0.25, 0.3) is 0 Å². The van der Waals surface area contributed by atoms with Crippen LogP contribution < -0.4 is 11.1 Å². The average molecular weight is 287 g/mol. The molecule has 2 aromatic rings. The lowest BCUT2D eigenvalue weighted by atomic mass is 9.76. The van der Waals surface area contributed by atoms with E-state index in [0.29, 0.717) is 18.2 Å². The number of benzene rings is 1. The first kappa shape index (κ1) is 13.3. The van der Waals surface area contributed by atoms with Crippen LogP contribution in [0.1, 0.15) is 39.8 Å². The highest BCUT2D eigenvalue weighted by molar-refractivity contribution is 7.09. The van der Waals surface area contributed by atoms with Crippen LogP contribution in [0.15, 0.2) is 35.7 Å². The number of rotatable bonds is 4. The van der Waals surface area contributed by atoms with Crippen LogP contribution in [0.5, 0.6) is 0 Å². The van der Waals surface area contributed by atoms with Crippen molar-refractivity contribution in [3.63, 3.8) is 0 Å². The molecule has 0 atom stereocenters. The van der Waals surface area contributed by atoms with Crippen LogP contribution in [0.2, 0.25) is 0 Å². The van der Waals surface area contributed by atoms with Gasteiger partial charge < -0.3 is 11.1 Å². The largest absolute Gasteiger partial charge is 0.348 e. The third kappa shape index (κ3) is 2.73. The molecule has 0 unspecified atom stereocenters. The molecular formula is C15H17N3OS. The van der Waals surface area contributed by atoms with Gasteiger partial charge in [0.15, 0.2) is 0 Å². The number of hydrogen-bond acceptors (Lipinski definition) is 4. The van der Waals surface area contributed by atoms with E-state index in [1.54, 1.807) is 5.38 Å². The quantitative estimate of drug-likeness (QED) is 0.906. The van der Waals surface area contributed by atoms with Gasteiger partial charge >= 0.3 is 0 Å². The fourth-order valence-corrected chi connectivity index (χ4v) is 3.16. The fraction of sp³-hybridized carbons (Fsp3) is 0.333. The summed E-state index contributed by atoms with van der Waals surface area (Å²) in [5.74, 6) is 0.481. The molecule has 0 bridgehead atoms. The molecule has 20 heavy (non-hydrogen) atoms. The number of nitrogens with two attached hydrogens (primary N) is 1. The van der Waals surface area contributed by atoms with Gasteiger partial charge in [-0.05, 0) is 24.3 Å². The predicted octanol–water partition coefficient (Wildman–Crippen LogP) is 2.28. The van der Waals surface area contributed by atoms with E-state index in [2.05, 4.69) is 34.6 Å². The summed E-state index contributed by atoms with van der Waals surface area (Å²) in [4.78, 5) is 16.2. The Morgan fingerprint density at radius 3 is 2.75 bits per heavy atom. The van der Waals surface area contributed by atoms with Gasteiger partial charge in [0.05, 0.1) is 0 Å². The Hall–Kier alpha value is -1.72. The minimum absolute atomic E-state index is 0.0857. The lowest BCUT2D eigenvalue weighted by molar-refractivity contribution is 0.0904. The van der Waals surface area contributed by atoms with Crippen molar-refractivity contribution in [1.29, 1.82) is 0 Å². The third-order valence-electron chi connectivity index (χ3n) is 3.70. The van der Waals surface area contributed by atoms with Gasteiger partial charge in [-0.1, -0.05) is 30.3 Å². The van der Waals surface area contributed by atoms with Crippen molar-refractivity contribution in [1.82, 2.24) is 10.3 Å². The Kier molecular flexibility index (Phi) is 3.80. The van der Waals surface area contributed by atoms with E-state index in [-0.39, 0.29) is 11.9 Å². The second-order valence-corrected chi connectivity index (χ2v) is 6.02. The summed E-state index contributed by atoms with van der Waals surface area (Å²) in [5, 5.41) is 5.60. The molecule has 0 radical (unpaired) electrons. The van der Waals surface area contributed by atoms with Crippen molar-refractivity contribution in [2.24, 2.45) is 5.73 Å². The van der Waals surface area contributed by atoms with Crippen molar-refractivity contribution in [2.45, 2.75) is 31.3 Å². The molecule has 5 heteroatoms. The zero-order valence-corrected chi connectivity index (χ0v) is 11.9. The van der Waals surface area contributed by atoms with E-state index in [9.17, 15) is 4.79 Å². The molecule has 0 saturated heterocycles. The monoisotopic (exact) mass is 287 g/mol. The van der Waals surface area contributed by atoms with Crippen LogP contribution in [0, 0.1) is 0 Å². The molecule has 104 valence electrons. The maximum atomic E-state index is 12.0. The van der Waals surface area contributed by atoms with E-state index in [4.69, 9.17) is 5.73 Å². The first-order chi connectivity index (χ1) is 9.76.